The van der Waals surface area contributed by atoms with Gasteiger partial charge in [0.1, 0.15) is 0 Å². The molecule has 4 atom stereocenters. The highest BCUT2D eigenvalue weighted by Gasteiger charge is 2.29. The smallest absolute Gasteiger partial charge is 0.315 e. The van der Waals surface area contributed by atoms with Crippen LogP contribution < -0.4 is 10.6 Å². The number of amides is 2. The average Bonchev–Trinajstić information content (AvgIpc) is 2.56. The van der Waals surface area contributed by atoms with E-state index in [2.05, 4.69) is 47.9 Å². The molecule has 3 rings (SSSR count). The summed E-state index contributed by atoms with van der Waals surface area (Å²) < 4.78 is 5.42. The van der Waals surface area contributed by atoms with Crippen molar-refractivity contribution in [3.63, 3.8) is 0 Å². The normalized spacial score (nSPS) is 31.3. The van der Waals surface area contributed by atoms with E-state index < -0.39 is 0 Å². The molecular weight excluding hydrogens is 288 g/mol. The van der Waals surface area contributed by atoms with E-state index in [0.29, 0.717) is 18.4 Å². The second kappa shape index (κ2) is 7.82. The van der Waals surface area contributed by atoms with Gasteiger partial charge in [0.2, 0.25) is 0 Å². The summed E-state index contributed by atoms with van der Waals surface area (Å²) in [6, 6.07) is 11.1. The number of urea groups is 1. The summed E-state index contributed by atoms with van der Waals surface area (Å²) in [5.41, 5.74) is 1.40. The first kappa shape index (κ1) is 16.3. The van der Waals surface area contributed by atoms with Gasteiger partial charge in [0.05, 0.1) is 12.6 Å². The first-order valence-corrected chi connectivity index (χ1v) is 8.90. The highest BCUT2D eigenvalue weighted by molar-refractivity contribution is 5.74. The Morgan fingerprint density at radius 2 is 1.87 bits per heavy atom. The summed E-state index contributed by atoms with van der Waals surface area (Å²) in [5, 5.41) is 6.25. The number of carbonyl (C=O) groups is 1. The van der Waals surface area contributed by atoms with Crippen molar-refractivity contribution >= 4 is 6.03 Å². The molecule has 4 heteroatoms. The predicted octanol–water partition coefficient (Wildman–Crippen LogP) is 3.44. The first-order valence-electron chi connectivity index (χ1n) is 8.90. The second-order valence-corrected chi connectivity index (χ2v) is 7.15. The molecule has 1 aromatic carbocycles. The molecule has 1 saturated carbocycles. The molecule has 0 radical (unpaired) electrons. The standard InChI is InChI=1S/C19H28N2O2/c1-14-10-16(15-6-3-2-4-7-15)12-18(11-14)21-19(22)20-17-8-5-9-23-13-17/h2-4,6-7,14,16-18H,5,8-13H2,1H3,(H2,20,21,22)/t14?,16?,17-,18?/m0/s1. The van der Waals surface area contributed by atoms with Crippen LogP contribution in [0.15, 0.2) is 30.3 Å². The molecule has 2 N–H and O–H groups in total. The van der Waals surface area contributed by atoms with Gasteiger partial charge in [-0.25, -0.2) is 4.79 Å². The highest BCUT2D eigenvalue weighted by Crippen LogP contribution is 2.36. The van der Waals surface area contributed by atoms with Crippen molar-refractivity contribution in [3.05, 3.63) is 35.9 Å². The van der Waals surface area contributed by atoms with E-state index in [1.165, 1.54) is 12.0 Å². The van der Waals surface area contributed by atoms with Crippen molar-refractivity contribution in [2.75, 3.05) is 13.2 Å². The molecular formula is C19H28N2O2. The maximum absolute atomic E-state index is 12.3. The fraction of sp³-hybridized carbons (Fsp3) is 0.632. The molecule has 0 aromatic heterocycles. The Labute approximate surface area is 139 Å². The third kappa shape index (κ3) is 4.71. The van der Waals surface area contributed by atoms with Crippen molar-refractivity contribution in [3.8, 4) is 0 Å². The molecule has 1 aliphatic heterocycles. The van der Waals surface area contributed by atoms with Crippen LogP contribution in [0.25, 0.3) is 0 Å². The van der Waals surface area contributed by atoms with Gasteiger partial charge >= 0.3 is 6.03 Å². The Kier molecular flexibility index (Phi) is 5.55. The molecule has 2 fully saturated rings. The van der Waals surface area contributed by atoms with Gasteiger partial charge in [-0.3, -0.25) is 0 Å². The quantitative estimate of drug-likeness (QED) is 0.897. The molecule has 1 aliphatic carbocycles. The van der Waals surface area contributed by atoms with Crippen LogP contribution in [0.3, 0.4) is 0 Å². The zero-order valence-corrected chi connectivity index (χ0v) is 14.0. The molecule has 23 heavy (non-hydrogen) atoms. The van der Waals surface area contributed by atoms with Gasteiger partial charge in [-0.2, -0.15) is 0 Å². The van der Waals surface area contributed by atoms with Crippen LogP contribution in [-0.2, 0) is 4.74 Å². The van der Waals surface area contributed by atoms with Crippen molar-refractivity contribution in [2.24, 2.45) is 5.92 Å². The second-order valence-electron chi connectivity index (χ2n) is 7.15. The van der Waals surface area contributed by atoms with Crippen molar-refractivity contribution in [2.45, 2.75) is 57.0 Å². The van der Waals surface area contributed by atoms with Gasteiger partial charge in [-0.1, -0.05) is 37.3 Å². The largest absolute Gasteiger partial charge is 0.379 e. The molecule has 0 bridgehead atoms. The van der Waals surface area contributed by atoms with Crippen LogP contribution in [-0.4, -0.2) is 31.3 Å². The number of carbonyl (C=O) groups excluding carboxylic acids is 1. The number of nitrogens with one attached hydrogen (secondary N) is 2. The van der Waals surface area contributed by atoms with Crippen molar-refractivity contribution < 1.29 is 9.53 Å². The molecule has 3 unspecified atom stereocenters. The number of rotatable bonds is 3. The molecule has 2 aliphatic rings. The molecule has 4 nitrogen and oxygen atoms in total. The van der Waals surface area contributed by atoms with Gasteiger partial charge in [0.15, 0.2) is 0 Å². The van der Waals surface area contributed by atoms with Gasteiger partial charge in [-0.15, -0.1) is 0 Å². The molecule has 1 aromatic rings. The molecule has 2 amide bonds. The van der Waals surface area contributed by atoms with Crippen LogP contribution in [0, 0.1) is 5.92 Å². The Hall–Kier alpha value is -1.55. The van der Waals surface area contributed by atoms with E-state index in [1.807, 2.05) is 0 Å². The van der Waals surface area contributed by atoms with E-state index in [0.717, 1.165) is 32.3 Å². The van der Waals surface area contributed by atoms with Crippen LogP contribution in [0.2, 0.25) is 0 Å². The molecule has 0 spiro atoms. The topological polar surface area (TPSA) is 50.4 Å². The van der Waals surface area contributed by atoms with Gasteiger partial charge in [-0.05, 0) is 49.5 Å². The monoisotopic (exact) mass is 316 g/mol. The third-order valence-electron chi connectivity index (χ3n) is 5.04. The number of hydrogen-bond acceptors (Lipinski definition) is 2. The molecule has 1 heterocycles. The van der Waals surface area contributed by atoms with Crippen LogP contribution in [0.4, 0.5) is 4.79 Å². The van der Waals surface area contributed by atoms with E-state index in [9.17, 15) is 4.79 Å². The van der Waals surface area contributed by atoms with E-state index in [1.54, 1.807) is 0 Å². The van der Waals surface area contributed by atoms with Crippen LogP contribution >= 0.6 is 0 Å². The first-order chi connectivity index (χ1) is 11.2. The van der Waals surface area contributed by atoms with E-state index in [-0.39, 0.29) is 18.1 Å². The maximum Gasteiger partial charge on any atom is 0.315 e. The van der Waals surface area contributed by atoms with Crippen LogP contribution in [0.5, 0.6) is 0 Å². The summed E-state index contributed by atoms with van der Waals surface area (Å²) >= 11 is 0. The van der Waals surface area contributed by atoms with E-state index >= 15 is 0 Å². The molecule has 1 saturated heterocycles. The third-order valence-corrected chi connectivity index (χ3v) is 5.04. The number of ether oxygens (including phenoxy) is 1. The Morgan fingerprint density at radius 3 is 2.61 bits per heavy atom. The SMILES string of the molecule is CC1CC(NC(=O)N[C@H]2CCCOC2)CC(c2ccccc2)C1. The van der Waals surface area contributed by atoms with Crippen molar-refractivity contribution in [1.82, 2.24) is 10.6 Å². The van der Waals surface area contributed by atoms with Gasteiger partial charge in [0.25, 0.3) is 0 Å². The highest BCUT2D eigenvalue weighted by atomic mass is 16.5. The lowest BCUT2D eigenvalue weighted by Gasteiger charge is -2.34. The summed E-state index contributed by atoms with van der Waals surface area (Å²) in [6.07, 6.45) is 5.35. The van der Waals surface area contributed by atoms with Crippen molar-refractivity contribution in [1.29, 1.82) is 0 Å². The minimum Gasteiger partial charge on any atom is -0.379 e. The van der Waals surface area contributed by atoms with Gasteiger partial charge in [0, 0.05) is 12.6 Å². The summed E-state index contributed by atoms with van der Waals surface area (Å²) in [5.74, 6) is 1.18. The minimum absolute atomic E-state index is 0.0357. The maximum atomic E-state index is 12.3. The summed E-state index contributed by atoms with van der Waals surface area (Å²) in [7, 11) is 0. The lowest BCUT2D eigenvalue weighted by Crippen LogP contribution is -2.50. The summed E-state index contributed by atoms with van der Waals surface area (Å²) in [6.45, 7) is 3.75. The Bertz CT molecular complexity index is 499. The molecule has 126 valence electrons. The predicted molar refractivity (Wildman–Crippen MR) is 91.5 cm³/mol. The fourth-order valence-electron chi connectivity index (χ4n) is 3.99. The zero-order chi connectivity index (χ0) is 16.1. The average molecular weight is 316 g/mol. The van der Waals surface area contributed by atoms with Crippen LogP contribution in [0.1, 0.15) is 50.5 Å². The lowest BCUT2D eigenvalue weighted by atomic mass is 9.76. The zero-order valence-electron chi connectivity index (χ0n) is 14.0. The van der Waals surface area contributed by atoms with Gasteiger partial charge < -0.3 is 15.4 Å². The lowest BCUT2D eigenvalue weighted by molar-refractivity contribution is 0.0728. The Morgan fingerprint density at radius 1 is 1.09 bits per heavy atom. The Balaban J connectivity index is 1.53. The number of benzene rings is 1. The minimum atomic E-state index is -0.0357. The fourth-order valence-corrected chi connectivity index (χ4v) is 3.99. The number of hydrogen-bond donors (Lipinski definition) is 2. The van der Waals surface area contributed by atoms with E-state index in [4.69, 9.17) is 4.74 Å². The summed E-state index contributed by atoms with van der Waals surface area (Å²) in [4.78, 5) is 12.3.